The van der Waals surface area contributed by atoms with Crippen LogP contribution in [0.15, 0.2) is 48.7 Å². The highest BCUT2D eigenvalue weighted by atomic mass is 16.5. The molecule has 3 heteroatoms. The first-order valence-electron chi connectivity index (χ1n) is 5.04. The van der Waals surface area contributed by atoms with Crippen molar-refractivity contribution in [3.8, 4) is 5.88 Å². The van der Waals surface area contributed by atoms with Crippen LogP contribution in [0.5, 0.6) is 5.88 Å². The third-order valence-electron chi connectivity index (χ3n) is 2.40. The van der Waals surface area contributed by atoms with Gasteiger partial charge in [-0.3, -0.25) is 0 Å². The average molecular weight is 215 g/mol. The van der Waals surface area contributed by atoms with Crippen LogP contribution in [0.4, 0.5) is 0 Å². The summed E-state index contributed by atoms with van der Waals surface area (Å²) in [6.07, 6.45) is 0.982. The molecule has 16 heavy (non-hydrogen) atoms. The first kappa shape index (κ1) is 10.6. The summed E-state index contributed by atoms with van der Waals surface area (Å²) in [6, 6.07) is 13.0. The maximum Gasteiger partial charge on any atom is 0.212 e. The Kier molecular flexibility index (Phi) is 3.17. The third-order valence-corrected chi connectivity index (χ3v) is 2.40. The van der Waals surface area contributed by atoms with Gasteiger partial charge in [0.25, 0.3) is 0 Å². The Morgan fingerprint density at radius 2 is 1.81 bits per heavy atom. The predicted octanol–water partition coefficient (Wildman–Crippen LogP) is 2.17. The van der Waals surface area contributed by atoms with Crippen LogP contribution in [0, 0.1) is 0 Å². The average Bonchev–Trinajstić information content (AvgIpc) is 2.39. The van der Waals surface area contributed by atoms with Gasteiger partial charge in [0.1, 0.15) is 6.10 Å². The van der Waals surface area contributed by atoms with Crippen LogP contribution in [0.2, 0.25) is 0 Å². The molecule has 3 nitrogen and oxygen atoms in total. The molecule has 2 aromatic rings. The van der Waals surface area contributed by atoms with Gasteiger partial charge in [0.05, 0.1) is 7.11 Å². The number of hydrogen-bond donors (Lipinski definition) is 1. The number of rotatable bonds is 3. The molecule has 1 heterocycles. The van der Waals surface area contributed by atoms with E-state index in [4.69, 9.17) is 4.74 Å². The molecule has 0 saturated carbocycles. The van der Waals surface area contributed by atoms with E-state index in [1.54, 1.807) is 19.4 Å². The van der Waals surface area contributed by atoms with Gasteiger partial charge in [-0.25, -0.2) is 4.98 Å². The molecule has 0 saturated heterocycles. The maximum absolute atomic E-state index is 10.1. The smallest absolute Gasteiger partial charge is 0.212 e. The van der Waals surface area contributed by atoms with E-state index in [0.717, 1.165) is 11.1 Å². The van der Waals surface area contributed by atoms with Gasteiger partial charge in [0.2, 0.25) is 5.88 Å². The topological polar surface area (TPSA) is 42.4 Å². The highest BCUT2D eigenvalue weighted by Crippen LogP contribution is 2.21. The first-order valence-corrected chi connectivity index (χ1v) is 5.04. The van der Waals surface area contributed by atoms with E-state index in [9.17, 15) is 5.11 Å². The second kappa shape index (κ2) is 4.77. The normalized spacial score (nSPS) is 12.1. The Balaban J connectivity index is 2.24. The van der Waals surface area contributed by atoms with Crippen molar-refractivity contribution in [2.75, 3.05) is 7.11 Å². The molecular formula is C13H13NO2. The molecule has 0 aliphatic rings. The molecule has 0 bridgehead atoms. The molecular weight excluding hydrogens is 202 g/mol. The fourth-order valence-electron chi connectivity index (χ4n) is 1.50. The summed E-state index contributed by atoms with van der Waals surface area (Å²) < 4.78 is 4.96. The highest BCUT2D eigenvalue weighted by Gasteiger charge is 2.09. The number of benzene rings is 1. The van der Waals surface area contributed by atoms with Crippen LogP contribution < -0.4 is 4.74 Å². The largest absolute Gasteiger partial charge is 0.481 e. The molecule has 0 aliphatic carbocycles. The zero-order chi connectivity index (χ0) is 11.4. The fourth-order valence-corrected chi connectivity index (χ4v) is 1.50. The van der Waals surface area contributed by atoms with Crippen LogP contribution >= 0.6 is 0 Å². The Morgan fingerprint density at radius 3 is 2.38 bits per heavy atom. The summed E-state index contributed by atoms with van der Waals surface area (Å²) >= 11 is 0. The van der Waals surface area contributed by atoms with Crippen LogP contribution in [-0.4, -0.2) is 17.2 Å². The molecule has 1 aromatic heterocycles. The predicted molar refractivity (Wildman–Crippen MR) is 61.3 cm³/mol. The molecule has 0 spiro atoms. The molecule has 1 aromatic carbocycles. The van der Waals surface area contributed by atoms with Crippen LogP contribution in [-0.2, 0) is 0 Å². The van der Waals surface area contributed by atoms with Crippen LogP contribution in [0.3, 0.4) is 0 Å². The van der Waals surface area contributed by atoms with Crippen molar-refractivity contribution in [2.45, 2.75) is 6.10 Å². The van der Waals surface area contributed by atoms with E-state index >= 15 is 0 Å². The highest BCUT2D eigenvalue weighted by molar-refractivity contribution is 5.29. The van der Waals surface area contributed by atoms with E-state index in [-0.39, 0.29) is 0 Å². The number of aliphatic hydroxyl groups is 1. The van der Waals surface area contributed by atoms with E-state index in [1.807, 2.05) is 36.4 Å². The van der Waals surface area contributed by atoms with E-state index in [2.05, 4.69) is 4.98 Å². The van der Waals surface area contributed by atoms with Crippen molar-refractivity contribution in [3.05, 3.63) is 59.8 Å². The molecule has 0 fully saturated rings. The Morgan fingerprint density at radius 1 is 1.06 bits per heavy atom. The van der Waals surface area contributed by atoms with Gasteiger partial charge in [-0.05, 0) is 11.6 Å². The Bertz CT molecular complexity index is 439. The minimum atomic E-state index is -0.639. The molecule has 0 radical (unpaired) electrons. The molecule has 1 atom stereocenters. The summed E-state index contributed by atoms with van der Waals surface area (Å²) in [5.41, 5.74) is 1.61. The van der Waals surface area contributed by atoms with Crippen molar-refractivity contribution in [1.82, 2.24) is 4.98 Å². The molecule has 0 aliphatic heterocycles. The Labute approximate surface area is 94.3 Å². The monoisotopic (exact) mass is 215 g/mol. The number of pyridine rings is 1. The molecule has 1 unspecified atom stereocenters. The lowest BCUT2D eigenvalue weighted by Crippen LogP contribution is -2.00. The standard InChI is InChI=1S/C13H13NO2/c1-16-12-8-7-11(9-14-12)13(15)10-5-3-2-4-6-10/h2-9,13,15H,1H3. The quantitative estimate of drug-likeness (QED) is 0.853. The van der Waals surface area contributed by atoms with Gasteiger partial charge in [-0.2, -0.15) is 0 Å². The van der Waals surface area contributed by atoms with E-state index in [1.165, 1.54) is 0 Å². The third kappa shape index (κ3) is 2.20. The molecule has 82 valence electrons. The van der Waals surface area contributed by atoms with Gasteiger partial charge in [0.15, 0.2) is 0 Å². The van der Waals surface area contributed by atoms with Gasteiger partial charge in [-0.1, -0.05) is 30.3 Å². The molecule has 0 amide bonds. The van der Waals surface area contributed by atoms with Crippen molar-refractivity contribution in [2.24, 2.45) is 0 Å². The number of methoxy groups -OCH3 is 1. The van der Waals surface area contributed by atoms with Crippen molar-refractivity contribution < 1.29 is 9.84 Å². The van der Waals surface area contributed by atoms with Crippen molar-refractivity contribution >= 4 is 0 Å². The lowest BCUT2D eigenvalue weighted by atomic mass is 10.0. The number of nitrogens with zero attached hydrogens (tertiary/aromatic N) is 1. The number of hydrogen-bond acceptors (Lipinski definition) is 3. The fraction of sp³-hybridized carbons (Fsp3) is 0.154. The molecule has 2 rings (SSSR count). The lowest BCUT2D eigenvalue weighted by Gasteiger charge is -2.10. The lowest BCUT2D eigenvalue weighted by molar-refractivity contribution is 0.219. The SMILES string of the molecule is COc1ccc(C(O)c2ccccc2)cn1. The second-order valence-corrected chi connectivity index (χ2v) is 3.45. The maximum atomic E-state index is 10.1. The summed E-state index contributed by atoms with van der Waals surface area (Å²) in [4.78, 5) is 4.06. The minimum Gasteiger partial charge on any atom is -0.481 e. The molecule has 1 N–H and O–H groups in total. The number of aliphatic hydroxyl groups excluding tert-OH is 1. The zero-order valence-electron chi connectivity index (χ0n) is 9.00. The second-order valence-electron chi connectivity index (χ2n) is 3.45. The van der Waals surface area contributed by atoms with Crippen molar-refractivity contribution in [1.29, 1.82) is 0 Å². The number of ether oxygens (including phenoxy) is 1. The summed E-state index contributed by atoms with van der Waals surface area (Å²) in [5, 5.41) is 10.1. The van der Waals surface area contributed by atoms with Crippen molar-refractivity contribution in [3.63, 3.8) is 0 Å². The summed E-state index contributed by atoms with van der Waals surface area (Å²) in [7, 11) is 1.57. The summed E-state index contributed by atoms with van der Waals surface area (Å²) in [6.45, 7) is 0. The van der Waals surface area contributed by atoms with Gasteiger partial charge >= 0.3 is 0 Å². The van der Waals surface area contributed by atoms with Gasteiger partial charge < -0.3 is 9.84 Å². The summed E-state index contributed by atoms with van der Waals surface area (Å²) in [5.74, 6) is 0.545. The Hall–Kier alpha value is -1.87. The van der Waals surface area contributed by atoms with Crippen LogP contribution in [0.25, 0.3) is 0 Å². The van der Waals surface area contributed by atoms with Crippen LogP contribution in [0.1, 0.15) is 17.2 Å². The van der Waals surface area contributed by atoms with Gasteiger partial charge in [0, 0.05) is 17.8 Å². The van der Waals surface area contributed by atoms with E-state index in [0.29, 0.717) is 5.88 Å². The van der Waals surface area contributed by atoms with Gasteiger partial charge in [-0.15, -0.1) is 0 Å². The minimum absolute atomic E-state index is 0.545. The number of aromatic nitrogens is 1. The zero-order valence-corrected chi connectivity index (χ0v) is 9.00. The first-order chi connectivity index (χ1) is 7.81. The van der Waals surface area contributed by atoms with E-state index < -0.39 is 6.10 Å².